The fourth-order valence-corrected chi connectivity index (χ4v) is 2.09. The maximum atomic E-state index is 12.2. The lowest BCUT2D eigenvalue weighted by Gasteiger charge is -2.17. The van der Waals surface area contributed by atoms with Crippen molar-refractivity contribution >= 4 is 22.8 Å². The smallest absolute Gasteiger partial charge is 0.326 e. The lowest BCUT2D eigenvalue weighted by Crippen LogP contribution is -2.44. The number of nitrogens with one attached hydrogen (secondary N) is 2. The summed E-state index contributed by atoms with van der Waals surface area (Å²) in [6.45, 7) is 3.49. The second-order valence-electron chi connectivity index (χ2n) is 5.17. The number of ether oxygens (including phenoxy) is 1. The minimum atomic E-state index is -1.05. The molecule has 3 N–H and O–H groups in total. The Kier molecular flexibility index (Phi) is 4.16. The Morgan fingerprint density at radius 2 is 2.00 bits per heavy atom. The quantitative estimate of drug-likeness (QED) is 0.785. The Labute approximate surface area is 122 Å². The van der Waals surface area contributed by atoms with E-state index in [9.17, 15) is 9.59 Å². The molecule has 0 aliphatic carbocycles. The number of aliphatic carboxylic acids is 1. The zero-order valence-corrected chi connectivity index (χ0v) is 12.1. The molecule has 1 aromatic heterocycles. The van der Waals surface area contributed by atoms with Gasteiger partial charge in [-0.1, -0.05) is 13.8 Å². The van der Waals surface area contributed by atoms with Gasteiger partial charge in [-0.2, -0.15) is 0 Å². The second kappa shape index (κ2) is 5.87. The summed E-state index contributed by atoms with van der Waals surface area (Å²) >= 11 is 0. The van der Waals surface area contributed by atoms with Crippen molar-refractivity contribution in [3.63, 3.8) is 0 Å². The van der Waals surface area contributed by atoms with E-state index in [1.165, 1.54) is 0 Å². The van der Waals surface area contributed by atoms with Crippen LogP contribution in [0.3, 0.4) is 0 Å². The number of benzene rings is 1. The van der Waals surface area contributed by atoms with Gasteiger partial charge in [-0.15, -0.1) is 0 Å². The molecule has 1 amide bonds. The Morgan fingerprint density at radius 3 is 2.57 bits per heavy atom. The number of carboxylic acids is 1. The molecule has 6 heteroatoms. The van der Waals surface area contributed by atoms with Crippen LogP contribution in [0.1, 0.15) is 24.3 Å². The third kappa shape index (κ3) is 3.16. The summed E-state index contributed by atoms with van der Waals surface area (Å²) in [4.78, 5) is 26.2. The lowest BCUT2D eigenvalue weighted by molar-refractivity contribution is -0.140. The first-order valence-electron chi connectivity index (χ1n) is 6.62. The molecule has 1 atom stereocenters. The lowest BCUT2D eigenvalue weighted by atomic mass is 10.0. The maximum absolute atomic E-state index is 12.2. The van der Waals surface area contributed by atoms with Gasteiger partial charge in [0.15, 0.2) is 0 Å². The fraction of sp³-hybridized carbons (Fsp3) is 0.333. The maximum Gasteiger partial charge on any atom is 0.326 e. The first-order chi connectivity index (χ1) is 9.92. The molecule has 0 saturated heterocycles. The zero-order chi connectivity index (χ0) is 15.6. The molecular formula is C15H18N2O4. The molecule has 0 spiro atoms. The van der Waals surface area contributed by atoms with E-state index in [0.29, 0.717) is 11.4 Å². The average Bonchev–Trinajstić information content (AvgIpc) is 2.86. The van der Waals surface area contributed by atoms with Crippen LogP contribution in [0.25, 0.3) is 10.9 Å². The number of hydrogen-bond acceptors (Lipinski definition) is 3. The Morgan fingerprint density at radius 1 is 1.29 bits per heavy atom. The van der Waals surface area contributed by atoms with E-state index in [-0.39, 0.29) is 5.92 Å². The molecule has 1 unspecified atom stereocenters. The van der Waals surface area contributed by atoms with E-state index in [0.717, 1.165) is 10.9 Å². The number of carbonyl (C=O) groups excluding carboxylic acids is 1. The van der Waals surface area contributed by atoms with Gasteiger partial charge >= 0.3 is 5.97 Å². The number of rotatable bonds is 5. The van der Waals surface area contributed by atoms with Crippen LogP contribution in [0, 0.1) is 5.92 Å². The Hall–Kier alpha value is -2.50. The van der Waals surface area contributed by atoms with E-state index in [1.54, 1.807) is 39.2 Å². The largest absolute Gasteiger partial charge is 0.497 e. The molecule has 0 aliphatic rings. The predicted molar refractivity (Wildman–Crippen MR) is 78.6 cm³/mol. The number of hydrogen-bond donors (Lipinski definition) is 3. The van der Waals surface area contributed by atoms with Crippen LogP contribution in [0.4, 0.5) is 0 Å². The summed E-state index contributed by atoms with van der Waals surface area (Å²) in [7, 11) is 1.57. The van der Waals surface area contributed by atoms with Crippen molar-refractivity contribution in [2.75, 3.05) is 7.11 Å². The molecule has 2 rings (SSSR count). The highest BCUT2D eigenvalue weighted by molar-refractivity contribution is 5.99. The highest BCUT2D eigenvalue weighted by Gasteiger charge is 2.24. The standard InChI is InChI=1S/C15H18N2O4/c1-8(2)13(15(19)20)17-14(18)12-7-9-6-10(21-3)4-5-11(9)16-12/h4-8,13,16H,1-3H3,(H,17,18)(H,19,20). The second-order valence-corrected chi connectivity index (χ2v) is 5.17. The summed E-state index contributed by atoms with van der Waals surface area (Å²) in [5.41, 5.74) is 1.11. The minimum absolute atomic E-state index is 0.198. The van der Waals surface area contributed by atoms with Gasteiger partial charge in [-0.25, -0.2) is 4.79 Å². The highest BCUT2D eigenvalue weighted by Crippen LogP contribution is 2.21. The number of aromatic nitrogens is 1. The number of carboxylic acid groups (broad SMARTS) is 1. The molecule has 6 nitrogen and oxygen atoms in total. The topological polar surface area (TPSA) is 91.4 Å². The van der Waals surface area contributed by atoms with Crippen molar-refractivity contribution in [1.82, 2.24) is 10.3 Å². The number of methoxy groups -OCH3 is 1. The van der Waals surface area contributed by atoms with E-state index in [4.69, 9.17) is 9.84 Å². The molecule has 2 aromatic rings. The molecular weight excluding hydrogens is 272 g/mol. The number of fused-ring (bicyclic) bond motifs is 1. The summed E-state index contributed by atoms with van der Waals surface area (Å²) in [6, 6.07) is 6.15. The number of aromatic amines is 1. The average molecular weight is 290 g/mol. The normalized spacial score (nSPS) is 12.4. The monoisotopic (exact) mass is 290 g/mol. The number of H-pyrrole nitrogens is 1. The highest BCUT2D eigenvalue weighted by atomic mass is 16.5. The third-order valence-electron chi connectivity index (χ3n) is 3.29. The molecule has 0 bridgehead atoms. The molecule has 21 heavy (non-hydrogen) atoms. The van der Waals surface area contributed by atoms with Crippen LogP contribution < -0.4 is 10.1 Å². The molecule has 0 aliphatic heterocycles. The van der Waals surface area contributed by atoms with Crippen molar-refractivity contribution < 1.29 is 19.4 Å². The van der Waals surface area contributed by atoms with Crippen molar-refractivity contribution in [3.8, 4) is 5.75 Å². The van der Waals surface area contributed by atoms with Crippen molar-refractivity contribution in [2.45, 2.75) is 19.9 Å². The van der Waals surface area contributed by atoms with Crippen LogP contribution in [0.15, 0.2) is 24.3 Å². The molecule has 0 radical (unpaired) electrons. The number of carbonyl (C=O) groups is 2. The van der Waals surface area contributed by atoms with E-state index >= 15 is 0 Å². The first-order valence-corrected chi connectivity index (χ1v) is 6.62. The van der Waals surface area contributed by atoms with Gasteiger partial charge in [0.2, 0.25) is 0 Å². The number of amides is 1. The summed E-state index contributed by atoms with van der Waals surface area (Å²) in [5, 5.41) is 12.5. The Balaban J connectivity index is 2.25. The summed E-state index contributed by atoms with van der Waals surface area (Å²) < 4.78 is 5.13. The van der Waals surface area contributed by atoms with Crippen LogP contribution in [-0.4, -0.2) is 35.1 Å². The zero-order valence-electron chi connectivity index (χ0n) is 12.1. The van der Waals surface area contributed by atoms with Gasteiger partial charge in [0.05, 0.1) is 7.11 Å². The van der Waals surface area contributed by atoms with Crippen LogP contribution >= 0.6 is 0 Å². The van der Waals surface area contributed by atoms with Gasteiger partial charge in [0, 0.05) is 10.9 Å². The van der Waals surface area contributed by atoms with Gasteiger partial charge in [-0.3, -0.25) is 4.79 Å². The van der Waals surface area contributed by atoms with Gasteiger partial charge in [0.1, 0.15) is 17.5 Å². The van der Waals surface area contributed by atoms with E-state index in [1.807, 2.05) is 6.07 Å². The van der Waals surface area contributed by atoms with Crippen LogP contribution in [0.2, 0.25) is 0 Å². The Bertz CT molecular complexity index is 675. The molecule has 0 fully saturated rings. The van der Waals surface area contributed by atoms with Crippen molar-refractivity contribution in [1.29, 1.82) is 0 Å². The predicted octanol–water partition coefficient (Wildman–Crippen LogP) is 2.02. The van der Waals surface area contributed by atoms with Gasteiger partial charge in [-0.05, 0) is 30.2 Å². The van der Waals surface area contributed by atoms with E-state index in [2.05, 4.69) is 10.3 Å². The van der Waals surface area contributed by atoms with Crippen LogP contribution in [0.5, 0.6) is 5.75 Å². The minimum Gasteiger partial charge on any atom is -0.497 e. The van der Waals surface area contributed by atoms with E-state index < -0.39 is 17.9 Å². The first kappa shape index (κ1) is 14.9. The third-order valence-corrected chi connectivity index (χ3v) is 3.29. The molecule has 0 saturated carbocycles. The van der Waals surface area contributed by atoms with Crippen molar-refractivity contribution in [2.24, 2.45) is 5.92 Å². The SMILES string of the molecule is COc1ccc2[nH]c(C(=O)NC(C(=O)O)C(C)C)cc2c1. The van der Waals surface area contributed by atoms with Gasteiger partial charge in [0.25, 0.3) is 5.91 Å². The fourth-order valence-electron chi connectivity index (χ4n) is 2.09. The molecule has 1 heterocycles. The van der Waals surface area contributed by atoms with Crippen molar-refractivity contribution in [3.05, 3.63) is 30.0 Å². The molecule has 1 aromatic carbocycles. The summed E-state index contributed by atoms with van der Waals surface area (Å²) in [6.07, 6.45) is 0. The summed E-state index contributed by atoms with van der Waals surface area (Å²) in [5.74, 6) is -0.989. The van der Waals surface area contributed by atoms with Gasteiger partial charge < -0.3 is 20.1 Å². The molecule has 112 valence electrons. The van der Waals surface area contributed by atoms with Crippen LogP contribution in [-0.2, 0) is 4.79 Å².